The summed E-state index contributed by atoms with van der Waals surface area (Å²) in [5, 5.41) is 25.2. The first kappa shape index (κ1) is 24.0. The molecule has 2 aromatic rings. The molecule has 2 atom stereocenters. The number of aliphatic hydroxyl groups is 1. The smallest absolute Gasteiger partial charge is 0.497 e. The molecule has 0 saturated heterocycles. The van der Waals surface area contributed by atoms with Crippen molar-refractivity contribution in [2.75, 3.05) is 7.11 Å². The van der Waals surface area contributed by atoms with Crippen molar-refractivity contribution in [1.29, 1.82) is 0 Å². The Morgan fingerprint density at radius 1 is 1.24 bits per heavy atom. The Morgan fingerprint density at radius 2 is 1.94 bits per heavy atom. The van der Waals surface area contributed by atoms with Crippen molar-refractivity contribution in [3.63, 3.8) is 0 Å². The van der Waals surface area contributed by atoms with Crippen LogP contribution in [-0.2, 0) is 19.8 Å². The molecule has 1 heterocycles. The maximum Gasteiger partial charge on any atom is 0.508 e. The van der Waals surface area contributed by atoms with Crippen LogP contribution in [0.25, 0.3) is 11.3 Å². The van der Waals surface area contributed by atoms with Gasteiger partial charge in [0.2, 0.25) is 6.29 Å². The van der Waals surface area contributed by atoms with Crippen molar-refractivity contribution in [2.45, 2.75) is 70.0 Å². The molecule has 182 valence electrons. The van der Waals surface area contributed by atoms with Gasteiger partial charge in [-0.2, -0.15) is 5.10 Å². The summed E-state index contributed by atoms with van der Waals surface area (Å²) in [6, 6.07) is 10.3. The van der Waals surface area contributed by atoms with E-state index in [2.05, 4.69) is 42.0 Å². The number of methoxy groups -OCH3 is 1. The summed E-state index contributed by atoms with van der Waals surface area (Å²) in [6.45, 7) is 3.62. The summed E-state index contributed by atoms with van der Waals surface area (Å²) < 4.78 is 17.7. The minimum absolute atomic E-state index is 0.0150. The van der Waals surface area contributed by atoms with E-state index in [0.717, 1.165) is 23.4 Å². The Hall–Kier alpha value is -3.10. The minimum atomic E-state index is -1.36. The lowest BCUT2D eigenvalue weighted by Gasteiger charge is -2.35. The number of carbonyl (C=O) groups is 1. The molecule has 34 heavy (non-hydrogen) atoms. The number of benzene rings is 1. The van der Waals surface area contributed by atoms with Crippen LogP contribution in [0.2, 0.25) is 0 Å². The molecule has 8 nitrogen and oxygen atoms in total. The van der Waals surface area contributed by atoms with E-state index < -0.39 is 18.0 Å². The average molecular weight is 469 g/mol. The molecule has 8 heteroatoms. The predicted molar refractivity (Wildman–Crippen MR) is 126 cm³/mol. The molecular weight excluding hydrogens is 436 g/mol. The summed E-state index contributed by atoms with van der Waals surface area (Å²) in [4.78, 5) is 10.7. The highest BCUT2D eigenvalue weighted by molar-refractivity contribution is 5.61. The Labute approximate surface area is 199 Å². The number of allylic oxidation sites excluding steroid dienone is 3. The second-order valence-corrected chi connectivity index (χ2v) is 9.02. The van der Waals surface area contributed by atoms with Gasteiger partial charge in [-0.1, -0.05) is 35.9 Å². The molecule has 2 aliphatic rings. The lowest BCUT2D eigenvalue weighted by molar-refractivity contribution is -0.158. The molecule has 0 aliphatic heterocycles. The molecule has 0 amide bonds. The van der Waals surface area contributed by atoms with Crippen LogP contribution < -0.4 is 0 Å². The highest BCUT2D eigenvalue weighted by Gasteiger charge is 2.39. The van der Waals surface area contributed by atoms with Gasteiger partial charge in [-0.3, -0.25) is 4.68 Å². The minimum Gasteiger partial charge on any atom is -0.497 e. The molecule has 0 radical (unpaired) electrons. The third-order valence-corrected chi connectivity index (χ3v) is 6.56. The normalized spacial score (nSPS) is 25.5. The highest BCUT2D eigenvalue weighted by atomic mass is 16.8. The number of hydrogen-bond donors (Lipinski definition) is 2. The van der Waals surface area contributed by atoms with E-state index in [4.69, 9.17) is 19.7 Å². The van der Waals surface area contributed by atoms with Crippen molar-refractivity contribution in [3.8, 4) is 11.3 Å². The Balaban J connectivity index is 1.56. The lowest BCUT2D eigenvalue weighted by atomic mass is 9.81. The number of aryl methyl sites for hydroxylation is 1. The van der Waals surface area contributed by atoms with Gasteiger partial charge in [-0.25, -0.2) is 4.79 Å². The highest BCUT2D eigenvalue weighted by Crippen LogP contribution is 2.40. The summed E-state index contributed by atoms with van der Waals surface area (Å²) in [7, 11) is 1.66. The SMILES string of the molecule is COC1=CCC(n2nc(C3(O)CCC(OC(C)OC(=O)O)CC3)cc2-c2ccc(C)cc2)C=C1. The van der Waals surface area contributed by atoms with E-state index in [1.807, 2.05) is 22.9 Å². The van der Waals surface area contributed by atoms with Crippen LogP contribution in [0.1, 0.15) is 56.3 Å². The topological polar surface area (TPSA) is 103 Å². The maximum atomic E-state index is 11.5. The molecule has 2 N–H and O–H groups in total. The summed E-state index contributed by atoms with van der Waals surface area (Å²) in [6.07, 6.45) is 6.54. The van der Waals surface area contributed by atoms with Crippen LogP contribution in [-0.4, -0.2) is 45.7 Å². The van der Waals surface area contributed by atoms with Gasteiger partial charge in [-0.05, 0) is 69.7 Å². The van der Waals surface area contributed by atoms with Crippen LogP contribution >= 0.6 is 0 Å². The van der Waals surface area contributed by atoms with Gasteiger partial charge in [0.05, 0.1) is 30.6 Å². The van der Waals surface area contributed by atoms with E-state index in [9.17, 15) is 9.90 Å². The molecule has 1 aromatic carbocycles. The molecule has 0 bridgehead atoms. The lowest BCUT2D eigenvalue weighted by Crippen LogP contribution is -2.36. The van der Waals surface area contributed by atoms with Crippen molar-refractivity contribution in [2.24, 2.45) is 0 Å². The van der Waals surface area contributed by atoms with Gasteiger partial charge in [0.1, 0.15) is 11.4 Å². The van der Waals surface area contributed by atoms with E-state index in [0.29, 0.717) is 31.4 Å². The summed E-state index contributed by atoms with van der Waals surface area (Å²) in [5.74, 6) is 0.832. The summed E-state index contributed by atoms with van der Waals surface area (Å²) in [5.41, 5.74) is 2.74. The third-order valence-electron chi connectivity index (χ3n) is 6.56. The largest absolute Gasteiger partial charge is 0.508 e. The second-order valence-electron chi connectivity index (χ2n) is 9.02. The van der Waals surface area contributed by atoms with Crippen LogP contribution in [0.4, 0.5) is 4.79 Å². The number of carboxylic acid groups (broad SMARTS) is 1. The van der Waals surface area contributed by atoms with Crippen LogP contribution in [0.5, 0.6) is 0 Å². The molecule has 0 spiro atoms. The molecule has 4 rings (SSSR count). The maximum absolute atomic E-state index is 11.5. The quantitative estimate of drug-likeness (QED) is 0.432. The Morgan fingerprint density at radius 3 is 2.53 bits per heavy atom. The monoisotopic (exact) mass is 468 g/mol. The van der Waals surface area contributed by atoms with Gasteiger partial charge in [0, 0.05) is 0 Å². The summed E-state index contributed by atoms with van der Waals surface area (Å²) >= 11 is 0. The van der Waals surface area contributed by atoms with Crippen molar-refractivity contribution in [1.82, 2.24) is 9.78 Å². The zero-order valence-corrected chi connectivity index (χ0v) is 19.8. The fourth-order valence-electron chi connectivity index (χ4n) is 4.64. The van der Waals surface area contributed by atoms with E-state index in [1.165, 1.54) is 5.56 Å². The fourth-order valence-corrected chi connectivity index (χ4v) is 4.64. The van der Waals surface area contributed by atoms with E-state index in [-0.39, 0.29) is 12.1 Å². The zero-order chi connectivity index (χ0) is 24.3. The van der Waals surface area contributed by atoms with E-state index >= 15 is 0 Å². The number of aromatic nitrogens is 2. The van der Waals surface area contributed by atoms with Gasteiger partial charge < -0.3 is 24.4 Å². The Bertz CT molecular complexity index is 1060. The number of nitrogens with zero attached hydrogens (tertiary/aromatic N) is 2. The van der Waals surface area contributed by atoms with Gasteiger partial charge in [-0.15, -0.1) is 0 Å². The third kappa shape index (κ3) is 5.34. The standard InChI is InChI=1S/C26H32N2O6/c1-17-4-6-19(7-5-17)23-16-24(27-28(23)20-8-10-21(32-3)11-9-20)26(31)14-12-22(13-15-26)33-18(2)34-25(29)30/h4-8,10-11,16,18,20,22,31H,9,12-15H2,1-3H3,(H,29,30). The van der Waals surface area contributed by atoms with Gasteiger partial charge in [0.25, 0.3) is 0 Å². The molecule has 1 aromatic heterocycles. The van der Waals surface area contributed by atoms with Crippen LogP contribution in [0, 0.1) is 6.92 Å². The zero-order valence-electron chi connectivity index (χ0n) is 19.8. The van der Waals surface area contributed by atoms with Gasteiger partial charge in [0.15, 0.2) is 0 Å². The van der Waals surface area contributed by atoms with Crippen LogP contribution in [0.3, 0.4) is 0 Å². The number of ether oxygens (including phenoxy) is 3. The van der Waals surface area contributed by atoms with Crippen molar-refractivity contribution >= 4 is 6.16 Å². The fraction of sp³-hybridized carbons (Fsp3) is 0.462. The van der Waals surface area contributed by atoms with Gasteiger partial charge >= 0.3 is 6.16 Å². The molecular formula is C26H32N2O6. The predicted octanol–water partition coefficient (Wildman–Crippen LogP) is 5.08. The van der Waals surface area contributed by atoms with E-state index in [1.54, 1.807) is 14.0 Å². The van der Waals surface area contributed by atoms with Crippen molar-refractivity contribution < 1.29 is 29.2 Å². The molecule has 1 fully saturated rings. The first-order valence-electron chi connectivity index (χ1n) is 11.6. The second kappa shape index (κ2) is 10.0. The Kier molecular flexibility index (Phi) is 7.09. The first-order valence-corrected chi connectivity index (χ1v) is 11.6. The average Bonchev–Trinajstić information content (AvgIpc) is 3.27. The number of rotatable bonds is 7. The molecule has 1 saturated carbocycles. The van der Waals surface area contributed by atoms with Crippen LogP contribution in [0.15, 0.2) is 54.3 Å². The number of hydrogen-bond acceptors (Lipinski definition) is 6. The first-order chi connectivity index (χ1) is 16.3. The van der Waals surface area contributed by atoms with Crippen molar-refractivity contribution in [3.05, 3.63) is 65.6 Å². The molecule has 2 unspecified atom stereocenters. The molecule has 2 aliphatic carbocycles.